The lowest BCUT2D eigenvalue weighted by molar-refractivity contribution is 0.122. The molecule has 0 aromatic carbocycles. The molecular weight excluding hydrogens is 248 g/mol. The summed E-state index contributed by atoms with van der Waals surface area (Å²) in [6.07, 6.45) is 1.64. The lowest BCUT2D eigenvalue weighted by Gasteiger charge is -2.27. The number of hydrogen-bond donors (Lipinski definition) is 1. The lowest BCUT2D eigenvalue weighted by atomic mass is 10.4. The van der Waals surface area contributed by atoms with E-state index in [4.69, 9.17) is 9.26 Å². The second-order valence-electron chi connectivity index (χ2n) is 4.19. The topological polar surface area (TPSA) is 89.2 Å². The fraction of sp³-hybridized carbons (Fsp3) is 0.455. The molecule has 19 heavy (non-hydrogen) atoms. The van der Waals surface area contributed by atoms with Crippen molar-refractivity contribution in [3.05, 3.63) is 18.0 Å². The number of rotatable bonds is 3. The fourth-order valence-corrected chi connectivity index (χ4v) is 1.83. The van der Waals surface area contributed by atoms with Crippen LogP contribution in [0.4, 0.5) is 17.6 Å². The van der Waals surface area contributed by atoms with E-state index < -0.39 is 0 Å². The summed E-state index contributed by atoms with van der Waals surface area (Å²) in [7, 11) is 0. The minimum atomic E-state index is 0.400. The molecule has 3 heterocycles. The smallest absolute Gasteiger partial charge is 0.250 e. The molecule has 0 saturated carbocycles. The van der Waals surface area contributed by atoms with E-state index in [1.54, 1.807) is 12.3 Å². The van der Waals surface area contributed by atoms with Crippen molar-refractivity contribution in [1.29, 1.82) is 0 Å². The number of morpholine rings is 1. The first-order valence-corrected chi connectivity index (χ1v) is 6.04. The maximum Gasteiger partial charge on any atom is 0.250 e. The lowest BCUT2D eigenvalue weighted by Crippen LogP contribution is -2.37. The Bertz CT molecular complexity index is 552. The van der Waals surface area contributed by atoms with Gasteiger partial charge in [0.15, 0.2) is 11.6 Å². The number of ether oxygens (including phenoxy) is 1. The van der Waals surface area contributed by atoms with Gasteiger partial charge in [-0.15, -0.1) is 5.10 Å². The van der Waals surface area contributed by atoms with Gasteiger partial charge in [0.25, 0.3) is 0 Å². The quantitative estimate of drug-likeness (QED) is 0.866. The zero-order chi connectivity index (χ0) is 13.1. The van der Waals surface area contributed by atoms with E-state index in [0.717, 1.165) is 24.7 Å². The van der Waals surface area contributed by atoms with Crippen molar-refractivity contribution < 1.29 is 9.26 Å². The molecule has 2 aromatic heterocycles. The molecule has 100 valence electrons. The molecule has 3 rings (SSSR count). The van der Waals surface area contributed by atoms with Gasteiger partial charge >= 0.3 is 0 Å². The largest absolute Gasteiger partial charge is 0.378 e. The number of aromatic nitrogens is 4. The van der Waals surface area contributed by atoms with Crippen molar-refractivity contribution in [2.75, 3.05) is 36.5 Å². The number of nitrogens with zero attached hydrogens (tertiary/aromatic N) is 5. The van der Waals surface area contributed by atoms with Crippen LogP contribution in [0.5, 0.6) is 0 Å². The standard InChI is InChI=1S/C11H14N6O2/c1-8-6-9(16-19-8)13-11-14-10(7-12-15-11)17-2-4-18-5-3-17/h6-7H,2-5H2,1H3,(H,13,14,15,16). The first-order chi connectivity index (χ1) is 9.31. The van der Waals surface area contributed by atoms with E-state index in [1.165, 1.54) is 0 Å². The van der Waals surface area contributed by atoms with E-state index in [9.17, 15) is 0 Å². The Balaban J connectivity index is 1.75. The van der Waals surface area contributed by atoms with Gasteiger partial charge in [-0.25, -0.2) is 0 Å². The van der Waals surface area contributed by atoms with Crippen LogP contribution in [0.15, 0.2) is 16.8 Å². The van der Waals surface area contributed by atoms with Crippen LogP contribution in [0.2, 0.25) is 0 Å². The summed E-state index contributed by atoms with van der Waals surface area (Å²) in [5.41, 5.74) is 0. The molecule has 0 bridgehead atoms. The number of hydrogen-bond acceptors (Lipinski definition) is 8. The average Bonchev–Trinajstić information content (AvgIpc) is 2.85. The molecule has 0 atom stereocenters. The van der Waals surface area contributed by atoms with E-state index in [1.807, 2.05) is 6.92 Å². The predicted molar refractivity (Wildman–Crippen MR) is 67.4 cm³/mol. The van der Waals surface area contributed by atoms with Gasteiger partial charge in [-0.3, -0.25) is 0 Å². The summed E-state index contributed by atoms with van der Waals surface area (Å²) in [4.78, 5) is 6.51. The van der Waals surface area contributed by atoms with Gasteiger partial charge in [-0.05, 0) is 6.92 Å². The Morgan fingerprint density at radius 1 is 1.32 bits per heavy atom. The predicted octanol–water partition coefficient (Wildman–Crippen LogP) is 0.748. The SMILES string of the molecule is Cc1cc(Nc2nncc(N3CCOCC3)n2)no1. The van der Waals surface area contributed by atoms with Gasteiger partial charge in [0, 0.05) is 19.2 Å². The maximum absolute atomic E-state index is 5.31. The molecule has 1 saturated heterocycles. The van der Waals surface area contributed by atoms with Crippen LogP contribution in [0.25, 0.3) is 0 Å². The highest BCUT2D eigenvalue weighted by Gasteiger charge is 2.14. The minimum absolute atomic E-state index is 0.400. The summed E-state index contributed by atoms with van der Waals surface area (Å²) >= 11 is 0. The molecule has 0 unspecified atom stereocenters. The molecule has 1 aliphatic heterocycles. The third-order valence-electron chi connectivity index (χ3n) is 2.75. The summed E-state index contributed by atoms with van der Waals surface area (Å²) < 4.78 is 10.3. The molecule has 8 nitrogen and oxygen atoms in total. The van der Waals surface area contributed by atoms with Crippen molar-refractivity contribution >= 4 is 17.6 Å². The Hall–Kier alpha value is -2.22. The minimum Gasteiger partial charge on any atom is -0.378 e. The monoisotopic (exact) mass is 262 g/mol. The van der Waals surface area contributed by atoms with Crippen molar-refractivity contribution in [2.45, 2.75) is 6.92 Å². The van der Waals surface area contributed by atoms with Crippen LogP contribution in [0.1, 0.15) is 5.76 Å². The molecule has 1 fully saturated rings. The molecule has 2 aromatic rings. The zero-order valence-electron chi connectivity index (χ0n) is 10.5. The number of nitrogens with one attached hydrogen (secondary N) is 1. The van der Waals surface area contributed by atoms with Crippen molar-refractivity contribution in [3.8, 4) is 0 Å². The molecule has 0 aliphatic carbocycles. The van der Waals surface area contributed by atoms with Gasteiger partial charge in [0.05, 0.1) is 19.4 Å². The highest BCUT2D eigenvalue weighted by Crippen LogP contribution is 2.15. The Morgan fingerprint density at radius 2 is 2.16 bits per heavy atom. The van der Waals surface area contributed by atoms with Crippen LogP contribution >= 0.6 is 0 Å². The fourth-order valence-electron chi connectivity index (χ4n) is 1.83. The second-order valence-corrected chi connectivity index (χ2v) is 4.19. The first-order valence-electron chi connectivity index (χ1n) is 6.04. The average molecular weight is 262 g/mol. The highest BCUT2D eigenvalue weighted by atomic mass is 16.5. The normalized spacial score (nSPS) is 15.5. The van der Waals surface area contributed by atoms with E-state index in [2.05, 4.69) is 30.6 Å². The number of anilines is 3. The molecule has 0 spiro atoms. The molecule has 1 aliphatic rings. The maximum atomic E-state index is 5.31. The number of aryl methyl sites for hydroxylation is 1. The summed E-state index contributed by atoms with van der Waals surface area (Å²) in [6, 6.07) is 1.77. The van der Waals surface area contributed by atoms with Crippen LogP contribution in [-0.2, 0) is 4.74 Å². The third-order valence-corrected chi connectivity index (χ3v) is 2.75. The highest BCUT2D eigenvalue weighted by molar-refractivity contribution is 5.49. The Kier molecular flexibility index (Phi) is 3.23. The molecule has 0 amide bonds. The third kappa shape index (κ3) is 2.79. The summed E-state index contributed by atoms with van der Waals surface area (Å²) in [5, 5.41) is 14.7. The molecule has 0 radical (unpaired) electrons. The van der Waals surface area contributed by atoms with Crippen molar-refractivity contribution in [1.82, 2.24) is 20.3 Å². The van der Waals surface area contributed by atoms with Gasteiger partial charge in [0.1, 0.15) is 5.76 Å². The van der Waals surface area contributed by atoms with E-state index >= 15 is 0 Å². The Labute approximate surface area is 109 Å². The van der Waals surface area contributed by atoms with Gasteiger partial charge < -0.3 is 19.5 Å². The first kappa shape index (κ1) is 11.8. The van der Waals surface area contributed by atoms with Gasteiger partial charge in [-0.1, -0.05) is 5.16 Å². The zero-order valence-corrected chi connectivity index (χ0v) is 10.5. The van der Waals surface area contributed by atoms with E-state index in [0.29, 0.717) is 25.0 Å². The second kappa shape index (κ2) is 5.19. The molecule has 8 heteroatoms. The van der Waals surface area contributed by atoms with Crippen LogP contribution in [0, 0.1) is 6.92 Å². The van der Waals surface area contributed by atoms with Crippen LogP contribution in [0.3, 0.4) is 0 Å². The van der Waals surface area contributed by atoms with Crippen molar-refractivity contribution in [3.63, 3.8) is 0 Å². The summed E-state index contributed by atoms with van der Waals surface area (Å²) in [6.45, 7) is 4.84. The summed E-state index contributed by atoms with van der Waals surface area (Å²) in [5.74, 6) is 2.47. The van der Waals surface area contributed by atoms with Crippen molar-refractivity contribution in [2.24, 2.45) is 0 Å². The van der Waals surface area contributed by atoms with Gasteiger partial charge in [-0.2, -0.15) is 10.1 Å². The molecule has 1 N–H and O–H groups in total. The molecular formula is C11H14N6O2. The van der Waals surface area contributed by atoms with Crippen LogP contribution in [-0.4, -0.2) is 46.6 Å². The van der Waals surface area contributed by atoms with Crippen LogP contribution < -0.4 is 10.2 Å². The van der Waals surface area contributed by atoms with E-state index in [-0.39, 0.29) is 0 Å². The van der Waals surface area contributed by atoms with Gasteiger partial charge in [0.2, 0.25) is 5.95 Å². The Morgan fingerprint density at radius 3 is 2.89 bits per heavy atom.